The number of hydrogen-bond acceptors (Lipinski definition) is 4. The van der Waals surface area contributed by atoms with Gasteiger partial charge in [0.2, 0.25) is 11.8 Å². The smallest absolute Gasteiger partial charge is 0.407 e. The van der Waals surface area contributed by atoms with Gasteiger partial charge in [-0.25, -0.2) is 4.79 Å². The van der Waals surface area contributed by atoms with Crippen LogP contribution in [0, 0.1) is 0 Å². The lowest BCUT2D eigenvalue weighted by atomic mass is 10.2. The molecule has 1 rings (SSSR count). The maximum absolute atomic E-state index is 11.8. The van der Waals surface area contributed by atoms with Crippen molar-refractivity contribution in [3.63, 3.8) is 0 Å². The van der Waals surface area contributed by atoms with Crippen LogP contribution in [0.15, 0.2) is 0 Å². The lowest BCUT2D eigenvalue weighted by molar-refractivity contribution is -0.130. The first-order chi connectivity index (χ1) is 10.3. The molecular formula is C15H27N3O4. The van der Waals surface area contributed by atoms with Crippen LogP contribution >= 0.6 is 0 Å². The van der Waals surface area contributed by atoms with E-state index >= 15 is 0 Å². The third kappa shape index (κ3) is 7.85. The molecule has 3 amide bonds. The van der Waals surface area contributed by atoms with Crippen molar-refractivity contribution in [3.8, 4) is 0 Å². The third-order valence-corrected chi connectivity index (χ3v) is 3.14. The maximum atomic E-state index is 11.8. The number of nitrogens with zero attached hydrogens (tertiary/aromatic N) is 1. The van der Waals surface area contributed by atoms with Crippen molar-refractivity contribution in [2.75, 3.05) is 26.2 Å². The molecule has 1 saturated heterocycles. The Morgan fingerprint density at radius 3 is 2.18 bits per heavy atom. The molecule has 0 radical (unpaired) electrons. The number of ether oxygens (including phenoxy) is 1. The minimum atomic E-state index is -0.553. The van der Waals surface area contributed by atoms with E-state index < -0.39 is 11.7 Å². The number of hydrogen-bond donors (Lipinski definition) is 2. The van der Waals surface area contributed by atoms with Crippen molar-refractivity contribution in [3.05, 3.63) is 0 Å². The SMILES string of the molecule is CC(C)(C)OC(=O)NCCC(=O)NCCC(=O)N1CCCC1. The Morgan fingerprint density at radius 1 is 1.00 bits per heavy atom. The molecule has 0 aromatic heterocycles. The van der Waals surface area contributed by atoms with Crippen molar-refractivity contribution in [2.45, 2.75) is 52.1 Å². The molecular weight excluding hydrogens is 286 g/mol. The van der Waals surface area contributed by atoms with Crippen LogP contribution in [0.2, 0.25) is 0 Å². The first kappa shape index (κ1) is 18.3. The molecule has 0 spiro atoms. The number of amides is 3. The Morgan fingerprint density at radius 2 is 1.59 bits per heavy atom. The molecule has 0 bridgehead atoms. The number of rotatable bonds is 6. The van der Waals surface area contributed by atoms with Crippen LogP contribution in [-0.2, 0) is 14.3 Å². The summed E-state index contributed by atoms with van der Waals surface area (Å²) in [6, 6.07) is 0. The average Bonchev–Trinajstić information content (AvgIpc) is 2.90. The predicted octanol–water partition coefficient (Wildman–Crippen LogP) is 1.03. The molecule has 1 aliphatic heterocycles. The molecule has 0 saturated carbocycles. The number of nitrogens with one attached hydrogen (secondary N) is 2. The molecule has 0 aliphatic carbocycles. The second-order valence-electron chi connectivity index (χ2n) is 6.37. The monoisotopic (exact) mass is 313 g/mol. The molecule has 7 nitrogen and oxygen atoms in total. The topological polar surface area (TPSA) is 87.7 Å². The van der Waals surface area contributed by atoms with Gasteiger partial charge in [0.1, 0.15) is 5.60 Å². The van der Waals surface area contributed by atoms with Crippen LogP contribution in [0.5, 0.6) is 0 Å². The zero-order valence-corrected chi connectivity index (χ0v) is 13.7. The summed E-state index contributed by atoms with van der Waals surface area (Å²) in [5.74, 6) is -0.102. The van der Waals surface area contributed by atoms with Gasteiger partial charge in [-0.05, 0) is 33.6 Å². The number of alkyl carbamates (subject to hydrolysis) is 1. The molecule has 1 fully saturated rings. The highest BCUT2D eigenvalue weighted by atomic mass is 16.6. The Hall–Kier alpha value is -1.79. The lowest BCUT2D eigenvalue weighted by Gasteiger charge is -2.19. The second-order valence-corrected chi connectivity index (χ2v) is 6.37. The zero-order valence-electron chi connectivity index (χ0n) is 13.7. The normalized spacial score (nSPS) is 14.6. The molecule has 0 atom stereocenters. The van der Waals surface area contributed by atoms with E-state index in [1.54, 1.807) is 20.8 Å². The van der Waals surface area contributed by atoms with E-state index in [0.29, 0.717) is 13.0 Å². The fraction of sp³-hybridized carbons (Fsp3) is 0.800. The van der Waals surface area contributed by atoms with E-state index in [2.05, 4.69) is 10.6 Å². The zero-order chi connectivity index (χ0) is 16.6. The van der Waals surface area contributed by atoms with Crippen LogP contribution in [0.1, 0.15) is 46.5 Å². The highest BCUT2D eigenvalue weighted by molar-refractivity contribution is 5.79. The molecule has 0 unspecified atom stereocenters. The number of carbonyl (C=O) groups excluding carboxylic acids is 3. The summed E-state index contributed by atoms with van der Waals surface area (Å²) in [6.45, 7) is 7.52. The van der Waals surface area contributed by atoms with Gasteiger partial charge in [0.15, 0.2) is 0 Å². The lowest BCUT2D eigenvalue weighted by Crippen LogP contribution is -2.36. The summed E-state index contributed by atoms with van der Waals surface area (Å²) in [5.41, 5.74) is -0.553. The van der Waals surface area contributed by atoms with E-state index in [4.69, 9.17) is 4.74 Å². The molecule has 22 heavy (non-hydrogen) atoms. The molecule has 2 N–H and O–H groups in total. The van der Waals surface area contributed by atoms with Gasteiger partial charge in [-0.15, -0.1) is 0 Å². The van der Waals surface area contributed by atoms with Gasteiger partial charge >= 0.3 is 6.09 Å². The summed E-state index contributed by atoms with van der Waals surface area (Å²) < 4.78 is 5.06. The van der Waals surface area contributed by atoms with Gasteiger partial charge in [-0.1, -0.05) is 0 Å². The predicted molar refractivity (Wildman–Crippen MR) is 82.3 cm³/mol. The minimum absolute atomic E-state index is 0.0877. The van der Waals surface area contributed by atoms with Crippen molar-refractivity contribution in [2.24, 2.45) is 0 Å². The van der Waals surface area contributed by atoms with Gasteiger partial charge in [-0.3, -0.25) is 9.59 Å². The first-order valence-electron chi connectivity index (χ1n) is 7.79. The summed E-state index contributed by atoms with van der Waals surface area (Å²) in [5, 5.41) is 5.20. The Balaban J connectivity index is 2.06. The summed E-state index contributed by atoms with van der Waals surface area (Å²) in [7, 11) is 0. The molecule has 7 heteroatoms. The van der Waals surface area contributed by atoms with E-state index in [-0.39, 0.29) is 24.8 Å². The minimum Gasteiger partial charge on any atom is -0.444 e. The molecule has 1 heterocycles. The van der Waals surface area contributed by atoms with Gasteiger partial charge < -0.3 is 20.3 Å². The van der Waals surface area contributed by atoms with Gasteiger partial charge in [0.25, 0.3) is 0 Å². The highest BCUT2D eigenvalue weighted by Crippen LogP contribution is 2.08. The standard InChI is InChI=1S/C15H27N3O4/c1-15(2,3)22-14(21)17-8-6-12(19)16-9-7-13(20)18-10-4-5-11-18/h4-11H2,1-3H3,(H,16,19)(H,17,21). The average molecular weight is 313 g/mol. The van der Waals surface area contributed by atoms with E-state index in [0.717, 1.165) is 25.9 Å². The number of likely N-dealkylation sites (tertiary alicyclic amines) is 1. The van der Waals surface area contributed by atoms with E-state index in [9.17, 15) is 14.4 Å². The van der Waals surface area contributed by atoms with Crippen molar-refractivity contribution in [1.29, 1.82) is 0 Å². The van der Waals surface area contributed by atoms with Crippen LogP contribution in [-0.4, -0.2) is 54.6 Å². The van der Waals surface area contributed by atoms with Crippen molar-refractivity contribution in [1.82, 2.24) is 15.5 Å². The fourth-order valence-electron chi connectivity index (χ4n) is 2.11. The van der Waals surface area contributed by atoms with Crippen LogP contribution in [0.25, 0.3) is 0 Å². The Kier molecular flexibility index (Phi) is 7.14. The molecule has 1 aliphatic rings. The van der Waals surface area contributed by atoms with Crippen LogP contribution < -0.4 is 10.6 Å². The molecule has 0 aromatic carbocycles. The van der Waals surface area contributed by atoms with Gasteiger partial charge in [0, 0.05) is 39.0 Å². The van der Waals surface area contributed by atoms with Crippen LogP contribution in [0.4, 0.5) is 4.79 Å². The Bertz CT molecular complexity index is 398. The molecule has 126 valence electrons. The largest absolute Gasteiger partial charge is 0.444 e. The molecule has 0 aromatic rings. The number of carbonyl (C=O) groups is 3. The highest BCUT2D eigenvalue weighted by Gasteiger charge is 2.18. The summed E-state index contributed by atoms with van der Waals surface area (Å²) >= 11 is 0. The van der Waals surface area contributed by atoms with E-state index in [1.165, 1.54) is 0 Å². The second kappa shape index (κ2) is 8.60. The quantitative estimate of drug-likeness (QED) is 0.766. The third-order valence-electron chi connectivity index (χ3n) is 3.14. The van der Waals surface area contributed by atoms with Crippen molar-refractivity contribution >= 4 is 17.9 Å². The summed E-state index contributed by atoms with van der Waals surface area (Å²) in [6.07, 6.45) is 2.08. The van der Waals surface area contributed by atoms with Gasteiger partial charge in [-0.2, -0.15) is 0 Å². The van der Waals surface area contributed by atoms with Crippen molar-refractivity contribution < 1.29 is 19.1 Å². The maximum Gasteiger partial charge on any atom is 0.407 e. The Labute approximate surface area is 131 Å². The van der Waals surface area contributed by atoms with Gasteiger partial charge in [0.05, 0.1) is 0 Å². The first-order valence-corrected chi connectivity index (χ1v) is 7.79. The summed E-state index contributed by atoms with van der Waals surface area (Å²) in [4.78, 5) is 36.6. The fourth-order valence-corrected chi connectivity index (χ4v) is 2.11. The van der Waals surface area contributed by atoms with Crippen LogP contribution in [0.3, 0.4) is 0 Å². The van der Waals surface area contributed by atoms with E-state index in [1.807, 2.05) is 4.90 Å².